The molecule has 0 saturated carbocycles. The van der Waals surface area contributed by atoms with Gasteiger partial charge in [-0.25, -0.2) is 15.2 Å². The number of amides is 1. The predicted octanol–water partition coefficient (Wildman–Crippen LogP) is 2.91. The van der Waals surface area contributed by atoms with E-state index in [1.165, 1.54) is 0 Å². The van der Waals surface area contributed by atoms with Gasteiger partial charge in [-0.05, 0) is 49.5 Å². The summed E-state index contributed by atoms with van der Waals surface area (Å²) < 4.78 is 6.16. The molecule has 142 valence electrons. The lowest BCUT2D eigenvalue weighted by atomic mass is 10.0. The highest BCUT2D eigenvalue weighted by Gasteiger charge is 2.25. The molecule has 26 heavy (non-hydrogen) atoms. The Morgan fingerprint density at radius 3 is 3.00 bits per heavy atom. The minimum Gasteiger partial charge on any atom is -0.443 e. The van der Waals surface area contributed by atoms with Crippen molar-refractivity contribution in [3.63, 3.8) is 0 Å². The molecular weight excluding hydrogens is 400 g/mol. The van der Waals surface area contributed by atoms with Crippen LogP contribution in [0.2, 0.25) is 0 Å². The van der Waals surface area contributed by atoms with Gasteiger partial charge in [0.05, 0.1) is 21.2 Å². The van der Waals surface area contributed by atoms with Crippen molar-refractivity contribution in [3.8, 4) is 0 Å². The van der Waals surface area contributed by atoms with E-state index in [2.05, 4.69) is 41.6 Å². The van der Waals surface area contributed by atoms with E-state index in [1.807, 2.05) is 20.8 Å². The fourth-order valence-electron chi connectivity index (χ4n) is 3.15. The quantitative estimate of drug-likeness (QED) is 0.564. The Morgan fingerprint density at radius 2 is 2.27 bits per heavy atom. The molecule has 0 unspecified atom stereocenters. The van der Waals surface area contributed by atoms with Gasteiger partial charge in [0.15, 0.2) is 0 Å². The second kappa shape index (κ2) is 7.32. The standard InChI is InChI=1S/C17H25BrN6O2/c1-17(2,3)26-16(25)23-22-10-5-4-6-24(9-10)14-11(18)7-20-15-13(14)12(19)8-21-15/h7-8,10,22H,4-6,9,19H2,1-3H3,(H,20,21)(H,23,25)/t10-/m1/s1. The van der Waals surface area contributed by atoms with E-state index in [0.29, 0.717) is 5.69 Å². The molecule has 0 bridgehead atoms. The maximum atomic E-state index is 11.8. The molecule has 0 aliphatic carbocycles. The normalized spacial score (nSPS) is 18.2. The van der Waals surface area contributed by atoms with Crippen LogP contribution in [0.25, 0.3) is 11.0 Å². The van der Waals surface area contributed by atoms with E-state index < -0.39 is 11.7 Å². The molecule has 1 amide bonds. The number of pyridine rings is 1. The number of hydrogen-bond acceptors (Lipinski definition) is 6. The lowest BCUT2D eigenvalue weighted by Crippen LogP contribution is -2.53. The fourth-order valence-corrected chi connectivity index (χ4v) is 3.70. The summed E-state index contributed by atoms with van der Waals surface area (Å²) in [4.78, 5) is 21.6. The second-order valence-corrected chi connectivity index (χ2v) is 8.33. The average molecular weight is 425 g/mol. The summed E-state index contributed by atoms with van der Waals surface area (Å²) in [5.41, 5.74) is 13.8. The zero-order valence-electron chi connectivity index (χ0n) is 15.2. The Labute approximate surface area is 160 Å². The Kier molecular flexibility index (Phi) is 5.29. The van der Waals surface area contributed by atoms with Crippen molar-refractivity contribution < 1.29 is 9.53 Å². The summed E-state index contributed by atoms with van der Waals surface area (Å²) in [6.07, 6.45) is 5.02. The molecular formula is C17H25BrN6O2. The fraction of sp³-hybridized carbons (Fsp3) is 0.529. The van der Waals surface area contributed by atoms with Gasteiger partial charge in [-0.15, -0.1) is 0 Å². The summed E-state index contributed by atoms with van der Waals surface area (Å²) in [5, 5.41) is 0.917. The van der Waals surface area contributed by atoms with Gasteiger partial charge in [0.1, 0.15) is 11.2 Å². The van der Waals surface area contributed by atoms with Crippen LogP contribution in [-0.2, 0) is 4.74 Å². The molecule has 9 heteroatoms. The third-order valence-corrected chi connectivity index (χ3v) is 4.76. The summed E-state index contributed by atoms with van der Waals surface area (Å²) in [5.74, 6) is 0. The van der Waals surface area contributed by atoms with E-state index in [1.54, 1.807) is 12.4 Å². The monoisotopic (exact) mass is 424 g/mol. The van der Waals surface area contributed by atoms with Crippen molar-refractivity contribution in [1.82, 2.24) is 20.8 Å². The highest BCUT2D eigenvalue weighted by atomic mass is 79.9. The van der Waals surface area contributed by atoms with E-state index in [4.69, 9.17) is 10.5 Å². The van der Waals surface area contributed by atoms with Crippen LogP contribution in [0.1, 0.15) is 33.6 Å². The van der Waals surface area contributed by atoms with Gasteiger partial charge in [0, 0.05) is 31.5 Å². The number of carbonyl (C=O) groups is 1. The number of ether oxygens (including phenoxy) is 1. The predicted molar refractivity (Wildman–Crippen MR) is 106 cm³/mol. The molecule has 0 radical (unpaired) electrons. The van der Waals surface area contributed by atoms with Crippen LogP contribution >= 0.6 is 15.9 Å². The van der Waals surface area contributed by atoms with Crippen LogP contribution in [0.3, 0.4) is 0 Å². The van der Waals surface area contributed by atoms with Gasteiger partial charge >= 0.3 is 6.09 Å². The molecule has 1 saturated heterocycles. The SMILES string of the molecule is CC(C)(C)OC(=O)NN[C@@H]1CCCN(c2c(Br)cnc3[nH]cc(N)c23)C1. The van der Waals surface area contributed by atoms with Crippen molar-refractivity contribution in [1.29, 1.82) is 0 Å². The van der Waals surface area contributed by atoms with Crippen molar-refractivity contribution in [2.45, 2.75) is 45.3 Å². The Balaban J connectivity index is 1.71. The van der Waals surface area contributed by atoms with Crippen molar-refractivity contribution in [2.24, 2.45) is 0 Å². The number of nitrogens with two attached hydrogens (primary N) is 1. The summed E-state index contributed by atoms with van der Waals surface area (Å²) in [7, 11) is 0. The molecule has 1 aliphatic heterocycles. The number of nitrogens with zero attached hydrogens (tertiary/aromatic N) is 2. The molecule has 1 atom stereocenters. The van der Waals surface area contributed by atoms with Gasteiger partial charge in [0.25, 0.3) is 0 Å². The van der Waals surface area contributed by atoms with Crippen molar-refractivity contribution >= 4 is 44.4 Å². The first kappa shape index (κ1) is 18.8. The minimum absolute atomic E-state index is 0.103. The minimum atomic E-state index is -0.524. The number of halogens is 1. The van der Waals surface area contributed by atoms with Crippen molar-refractivity contribution in [2.75, 3.05) is 23.7 Å². The lowest BCUT2D eigenvalue weighted by Gasteiger charge is -2.35. The number of fused-ring (bicyclic) bond motifs is 1. The van der Waals surface area contributed by atoms with E-state index >= 15 is 0 Å². The van der Waals surface area contributed by atoms with Gasteiger partial charge in [-0.3, -0.25) is 5.43 Å². The number of hydrazine groups is 1. The number of nitrogen functional groups attached to an aromatic ring is 1. The van der Waals surface area contributed by atoms with Gasteiger partial charge < -0.3 is 20.4 Å². The number of anilines is 2. The molecule has 1 fully saturated rings. The first-order chi connectivity index (χ1) is 12.2. The van der Waals surface area contributed by atoms with Crippen molar-refractivity contribution in [3.05, 3.63) is 16.9 Å². The molecule has 0 aromatic carbocycles. The van der Waals surface area contributed by atoms with E-state index in [9.17, 15) is 4.79 Å². The number of H-pyrrole nitrogens is 1. The Hall–Kier alpha value is -2.00. The average Bonchev–Trinajstić information content (AvgIpc) is 2.93. The van der Waals surface area contributed by atoms with Crippen LogP contribution in [0.15, 0.2) is 16.9 Å². The lowest BCUT2D eigenvalue weighted by molar-refractivity contribution is 0.0485. The molecule has 1 aliphatic rings. The van der Waals surface area contributed by atoms with Crippen LogP contribution in [0.4, 0.5) is 16.2 Å². The molecule has 2 aromatic heterocycles. The number of hydrogen-bond donors (Lipinski definition) is 4. The van der Waals surface area contributed by atoms with Gasteiger partial charge in [-0.2, -0.15) is 0 Å². The third-order valence-electron chi connectivity index (χ3n) is 4.17. The maximum absolute atomic E-state index is 11.8. The zero-order chi connectivity index (χ0) is 18.9. The topological polar surface area (TPSA) is 108 Å². The molecule has 0 spiro atoms. The van der Waals surface area contributed by atoms with Crippen LogP contribution in [-0.4, -0.2) is 40.8 Å². The van der Waals surface area contributed by atoms with Gasteiger partial charge in [-0.1, -0.05) is 0 Å². The number of carbonyl (C=O) groups excluding carboxylic acids is 1. The first-order valence-electron chi connectivity index (χ1n) is 8.65. The van der Waals surface area contributed by atoms with Crippen LogP contribution in [0, 0.1) is 0 Å². The molecule has 8 nitrogen and oxygen atoms in total. The largest absolute Gasteiger partial charge is 0.443 e. The number of rotatable bonds is 3. The first-order valence-corrected chi connectivity index (χ1v) is 9.44. The molecule has 2 aromatic rings. The summed E-state index contributed by atoms with van der Waals surface area (Å²) in [6.45, 7) is 7.15. The highest BCUT2D eigenvalue weighted by molar-refractivity contribution is 9.10. The zero-order valence-corrected chi connectivity index (χ0v) is 16.8. The smallest absolute Gasteiger partial charge is 0.422 e. The van der Waals surface area contributed by atoms with Gasteiger partial charge in [0.2, 0.25) is 0 Å². The summed E-state index contributed by atoms with van der Waals surface area (Å²) >= 11 is 3.60. The highest BCUT2D eigenvalue weighted by Crippen LogP contribution is 2.37. The maximum Gasteiger partial charge on any atom is 0.422 e. The third kappa shape index (κ3) is 4.21. The number of piperidine rings is 1. The Bertz CT molecular complexity index is 800. The number of aromatic nitrogens is 2. The number of aromatic amines is 1. The van der Waals surface area contributed by atoms with E-state index in [0.717, 1.165) is 47.1 Å². The second-order valence-electron chi connectivity index (χ2n) is 7.48. The van der Waals surface area contributed by atoms with Crippen LogP contribution in [0.5, 0.6) is 0 Å². The summed E-state index contributed by atoms with van der Waals surface area (Å²) in [6, 6.07) is 0.103. The number of nitrogens with one attached hydrogen (secondary N) is 3. The van der Waals surface area contributed by atoms with Crippen LogP contribution < -0.4 is 21.5 Å². The molecule has 3 rings (SSSR count). The molecule has 5 N–H and O–H groups in total. The Morgan fingerprint density at radius 1 is 1.50 bits per heavy atom. The molecule has 3 heterocycles. The van der Waals surface area contributed by atoms with E-state index in [-0.39, 0.29) is 6.04 Å².